The number of carbonyl (C=O) groups excluding carboxylic acids is 1. The van der Waals surface area contributed by atoms with Gasteiger partial charge in [0, 0.05) is 62.8 Å². The summed E-state index contributed by atoms with van der Waals surface area (Å²) >= 11 is 2.00. The molecule has 0 radical (unpaired) electrons. The molecule has 4 heterocycles. The van der Waals surface area contributed by atoms with E-state index in [0.717, 1.165) is 74.4 Å². The first-order valence-electron chi connectivity index (χ1n) is 10.3. The molecule has 1 spiro atoms. The molecule has 0 bridgehead atoms. The molecule has 0 N–H and O–H groups in total. The van der Waals surface area contributed by atoms with E-state index in [9.17, 15) is 4.79 Å². The molecule has 1 aromatic heterocycles. The number of ether oxygens (including phenoxy) is 2. The second-order valence-corrected chi connectivity index (χ2v) is 10.0. The molecule has 1 amide bonds. The smallest absolute Gasteiger partial charge is 0.256 e. The summed E-state index contributed by atoms with van der Waals surface area (Å²) in [5.74, 6) is 1.87. The van der Waals surface area contributed by atoms with Crippen molar-refractivity contribution >= 4 is 28.6 Å². The zero-order chi connectivity index (χ0) is 19.1. The van der Waals surface area contributed by atoms with E-state index in [0.29, 0.717) is 12.0 Å². The van der Waals surface area contributed by atoms with Crippen LogP contribution in [0.4, 0.5) is 0 Å². The SMILES string of the molecule is Cn1cc(C(=O)N2CC3(C[C@H](OCC4CCOCC4)CS3)C2)c2ccccc21. The van der Waals surface area contributed by atoms with Gasteiger partial charge >= 0.3 is 0 Å². The Morgan fingerprint density at radius 3 is 2.89 bits per heavy atom. The predicted octanol–water partition coefficient (Wildman–Crippen LogP) is 3.32. The molecule has 0 unspecified atom stereocenters. The number of fused-ring (bicyclic) bond motifs is 1. The number of nitrogens with zero attached hydrogens (tertiary/aromatic N) is 2. The number of aryl methyl sites for hydroxylation is 1. The van der Waals surface area contributed by atoms with Gasteiger partial charge in [0.25, 0.3) is 5.91 Å². The van der Waals surface area contributed by atoms with Crippen LogP contribution in [-0.4, -0.2) is 64.9 Å². The highest BCUT2D eigenvalue weighted by atomic mass is 32.2. The van der Waals surface area contributed by atoms with E-state index in [1.807, 2.05) is 52.7 Å². The number of para-hydroxylation sites is 1. The molecule has 1 aromatic carbocycles. The summed E-state index contributed by atoms with van der Waals surface area (Å²) in [6.45, 7) is 4.31. The molecular weight excluding hydrogens is 372 g/mol. The van der Waals surface area contributed by atoms with Gasteiger partial charge in [-0.3, -0.25) is 4.79 Å². The van der Waals surface area contributed by atoms with E-state index >= 15 is 0 Å². The lowest BCUT2D eigenvalue weighted by Gasteiger charge is -2.47. The zero-order valence-corrected chi connectivity index (χ0v) is 17.2. The van der Waals surface area contributed by atoms with Crippen molar-refractivity contribution in [3.05, 3.63) is 36.0 Å². The van der Waals surface area contributed by atoms with Crippen molar-refractivity contribution in [2.75, 3.05) is 38.7 Å². The lowest BCUT2D eigenvalue weighted by molar-refractivity contribution is -0.0118. The van der Waals surface area contributed by atoms with Crippen LogP contribution in [-0.2, 0) is 16.5 Å². The fourth-order valence-electron chi connectivity index (χ4n) is 4.79. The number of thioether (sulfide) groups is 1. The van der Waals surface area contributed by atoms with Crippen molar-refractivity contribution in [1.29, 1.82) is 0 Å². The third-order valence-corrected chi connectivity index (χ3v) is 8.03. The fourth-order valence-corrected chi connectivity index (χ4v) is 6.34. The average molecular weight is 401 g/mol. The molecule has 150 valence electrons. The van der Waals surface area contributed by atoms with Crippen LogP contribution in [0.1, 0.15) is 29.6 Å². The Kier molecular flexibility index (Phi) is 4.89. The van der Waals surface area contributed by atoms with Gasteiger partial charge in [-0.1, -0.05) is 18.2 Å². The minimum atomic E-state index is 0.162. The number of amides is 1. The van der Waals surface area contributed by atoms with Crippen LogP contribution >= 0.6 is 11.8 Å². The Hall–Kier alpha value is -1.50. The van der Waals surface area contributed by atoms with Gasteiger partial charge in [0.15, 0.2) is 0 Å². The first-order valence-corrected chi connectivity index (χ1v) is 11.3. The Morgan fingerprint density at radius 2 is 2.07 bits per heavy atom. The number of rotatable bonds is 4. The molecule has 2 aromatic rings. The van der Waals surface area contributed by atoms with Crippen molar-refractivity contribution in [3.63, 3.8) is 0 Å². The van der Waals surface area contributed by atoms with Gasteiger partial charge < -0.3 is 18.9 Å². The van der Waals surface area contributed by atoms with E-state index in [1.54, 1.807) is 0 Å². The van der Waals surface area contributed by atoms with Crippen molar-refractivity contribution in [3.8, 4) is 0 Å². The van der Waals surface area contributed by atoms with E-state index in [1.165, 1.54) is 0 Å². The molecule has 1 atom stereocenters. The molecule has 3 aliphatic heterocycles. The normalized spacial score (nSPS) is 24.8. The zero-order valence-electron chi connectivity index (χ0n) is 16.4. The summed E-state index contributed by atoms with van der Waals surface area (Å²) < 4.78 is 13.9. The lowest BCUT2D eigenvalue weighted by Crippen LogP contribution is -2.60. The van der Waals surface area contributed by atoms with Crippen LogP contribution in [0.15, 0.2) is 30.5 Å². The average Bonchev–Trinajstić information content (AvgIpc) is 3.28. The standard InChI is InChI=1S/C22H28N2O3S/c1-23-11-19(18-4-2-3-5-20(18)23)21(25)24-14-22(15-24)10-17(13-28-22)27-12-16-6-8-26-9-7-16/h2-5,11,16-17H,6-10,12-15H2,1H3/t17-/m0/s1. The Labute approximate surface area is 170 Å². The van der Waals surface area contributed by atoms with Gasteiger partial charge in [-0.2, -0.15) is 0 Å². The molecule has 3 aliphatic rings. The summed E-state index contributed by atoms with van der Waals surface area (Å²) in [6.07, 6.45) is 5.62. The maximum absolute atomic E-state index is 13.1. The van der Waals surface area contributed by atoms with Crippen LogP contribution in [0, 0.1) is 5.92 Å². The molecule has 5 rings (SSSR count). The lowest BCUT2D eigenvalue weighted by atomic mass is 9.92. The molecular formula is C22H28N2O3S. The summed E-state index contributed by atoms with van der Waals surface area (Å²) in [5.41, 5.74) is 1.93. The van der Waals surface area contributed by atoms with Crippen LogP contribution in [0.25, 0.3) is 10.9 Å². The largest absolute Gasteiger partial charge is 0.381 e. The molecule has 0 aliphatic carbocycles. The van der Waals surface area contributed by atoms with E-state index in [4.69, 9.17) is 9.47 Å². The third kappa shape index (κ3) is 3.36. The van der Waals surface area contributed by atoms with Crippen LogP contribution in [0.2, 0.25) is 0 Å². The first-order chi connectivity index (χ1) is 13.6. The van der Waals surface area contributed by atoms with Gasteiger partial charge in [0.1, 0.15) is 0 Å². The van der Waals surface area contributed by atoms with Crippen molar-refractivity contribution in [1.82, 2.24) is 9.47 Å². The molecule has 3 saturated heterocycles. The highest BCUT2D eigenvalue weighted by molar-refractivity contribution is 8.01. The summed E-state index contributed by atoms with van der Waals surface area (Å²) in [7, 11) is 2.00. The van der Waals surface area contributed by atoms with Gasteiger partial charge in [0.05, 0.1) is 16.4 Å². The number of benzene rings is 1. The highest BCUT2D eigenvalue weighted by Crippen LogP contribution is 2.46. The minimum absolute atomic E-state index is 0.162. The number of hydrogen-bond donors (Lipinski definition) is 0. The second kappa shape index (κ2) is 7.39. The maximum atomic E-state index is 13.1. The Bertz CT molecular complexity index is 868. The number of aromatic nitrogens is 1. The molecule has 3 fully saturated rings. The Balaban J connectivity index is 1.17. The maximum Gasteiger partial charge on any atom is 0.256 e. The monoisotopic (exact) mass is 400 g/mol. The predicted molar refractivity (Wildman–Crippen MR) is 112 cm³/mol. The number of hydrogen-bond acceptors (Lipinski definition) is 4. The van der Waals surface area contributed by atoms with Crippen LogP contribution in [0.3, 0.4) is 0 Å². The molecule has 5 nitrogen and oxygen atoms in total. The van der Waals surface area contributed by atoms with Gasteiger partial charge in [-0.15, -0.1) is 11.8 Å². The Morgan fingerprint density at radius 1 is 1.29 bits per heavy atom. The number of carbonyl (C=O) groups is 1. The second-order valence-electron chi connectivity index (χ2n) is 8.54. The first kappa shape index (κ1) is 18.5. The van der Waals surface area contributed by atoms with Crippen molar-refractivity contribution in [2.24, 2.45) is 13.0 Å². The minimum Gasteiger partial charge on any atom is -0.381 e. The van der Waals surface area contributed by atoms with E-state index < -0.39 is 0 Å². The van der Waals surface area contributed by atoms with Gasteiger partial charge in [-0.25, -0.2) is 0 Å². The quantitative estimate of drug-likeness (QED) is 0.790. The van der Waals surface area contributed by atoms with E-state index in [-0.39, 0.29) is 10.7 Å². The van der Waals surface area contributed by atoms with Crippen molar-refractivity contribution < 1.29 is 14.3 Å². The van der Waals surface area contributed by atoms with Crippen LogP contribution < -0.4 is 0 Å². The fraction of sp³-hybridized carbons (Fsp3) is 0.591. The van der Waals surface area contributed by atoms with E-state index in [2.05, 4.69) is 6.07 Å². The molecule has 0 saturated carbocycles. The van der Waals surface area contributed by atoms with Gasteiger partial charge in [-0.05, 0) is 31.2 Å². The van der Waals surface area contributed by atoms with Crippen LogP contribution in [0.5, 0.6) is 0 Å². The topological polar surface area (TPSA) is 43.7 Å². The summed E-state index contributed by atoms with van der Waals surface area (Å²) in [5, 5.41) is 1.05. The summed E-state index contributed by atoms with van der Waals surface area (Å²) in [6, 6.07) is 8.13. The third-order valence-electron chi connectivity index (χ3n) is 6.46. The number of likely N-dealkylation sites (tertiary alicyclic amines) is 1. The van der Waals surface area contributed by atoms with Crippen molar-refractivity contribution in [2.45, 2.75) is 30.1 Å². The highest BCUT2D eigenvalue weighted by Gasteiger charge is 2.51. The summed E-state index contributed by atoms with van der Waals surface area (Å²) in [4.78, 5) is 15.1. The molecule has 6 heteroatoms. The molecule has 28 heavy (non-hydrogen) atoms. The van der Waals surface area contributed by atoms with Gasteiger partial charge in [0.2, 0.25) is 0 Å².